The summed E-state index contributed by atoms with van der Waals surface area (Å²) in [7, 11) is 0. The predicted octanol–water partition coefficient (Wildman–Crippen LogP) is 4.77. The van der Waals surface area contributed by atoms with Crippen LogP contribution < -0.4 is 5.32 Å². The number of aryl methyl sites for hydroxylation is 1. The van der Waals surface area contributed by atoms with Crippen molar-refractivity contribution in [2.45, 2.75) is 31.7 Å². The molecular weight excluding hydrogens is 275 g/mol. The van der Waals surface area contributed by atoms with Gasteiger partial charge in [0.1, 0.15) is 11.5 Å². The minimum absolute atomic E-state index is 0.0185. The van der Waals surface area contributed by atoms with Gasteiger partial charge >= 0.3 is 0 Å². The zero-order chi connectivity index (χ0) is 15.0. The lowest BCUT2D eigenvalue weighted by molar-refractivity contribution is 0.371. The minimum atomic E-state index is -0.901. The van der Waals surface area contributed by atoms with E-state index in [0.717, 1.165) is 12.8 Å². The first-order chi connectivity index (χ1) is 10.0. The Bertz CT molecular complexity index is 640. The van der Waals surface area contributed by atoms with Gasteiger partial charge in [0.2, 0.25) is 0 Å². The molecule has 0 amide bonds. The summed E-state index contributed by atoms with van der Waals surface area (Å²) in [6.07, 6.45) is 1.64. The maximum absolute atomic E-state index is 13.6. The van der Waals surface area contributed by atoms with E-state index in [0.29, 0.717) is 18.1 Å². The summed E-state index contributed by atoms with van der Waals surface area (Å²) in [6, 6.07) is 9.69. The van der Waals surface area contributed by atoms with E-state index in [4.69, 9.17) is 0 Å². The Hall–Kier alpha value is -1.97. The fourth-order valence-electron chi connectivity index (χ4n) is 2.82. The molecule has 0 bridgehead atoms. The zero-order valence-corrected chi connectivity index (χ0v) is 11.7. The molecule has 1 fully saturated rings. The summed E-state index contributed by atoms with van der Waals surface area (Å²) >= 11 is 0. The minimum Gasteiger partial charge on any atom is -0.378 e. The van der Waals surface area contributed by atoms with Gasteiger partial charge in [-0.25, -0.2) is 13.2 Å². The van der Waals surface area contributed by atoms with Crippen LogP contribution in [0.4, 0.5) is 18.9 Å². The number of anilines is 1. The second kappa shape index (κ2) is 5.43. The highest BCUT2D eigenvalue weighted by Crippen LogP contribution is 2.39. The van der Waals surface area contributed by atoms with Gasteiger partial charge in [-0.1, -0.05) is 29.8 Å². The van der Waals surface area contributed by atoms with Crippen molar-refractivity contribution in [3.8, 4) is 0 Å². The molecule has 21 heavy (non-hydrogen) atoms. The third-order valence-corrected chi connectivity index (χ3v) is 4.01. The van der Waals surface area contributed by atoms with Crippen LogP contribution in [0, 0.1) is 24.4 Å². The van der Waals surface area contributed by atoms with Crippen molar-refractivity contribution < 1.29 is 13.2 Å². The zero-order valence-electron chi connectivity index (χ0n) is 11.7. The lowest BCUT2D eigenvalue weighted by Gasteiger charge is -2.37. The molecule has 2 aromatic rings. The topological polar surface area (TPSA) is 12.0 Å². The number of halogens is 3. The third-order valence-electron chi connectivity index (χ3n) is 4.01. The SMILES string of the molecule is Cc1cccc(C2CC(Nc3c(F)cc(F)cc3F)C2)c1. The molecule has 0 radical (unpaired) electrons. The van der Waals surface area contributed by atoms with E-state index in [9.17, 15) is 13.2 Å². The molecule has 0 unspecified atom stereocenters. The Morgan fingerprint density at radius 1 is 1.00 bits per heavy atom. The van der Waals surface area contributed by atoms with Crippen molar-refractivity contribution in [1.82, 2.24) is 0 Å². The Morgan fingerprint density at radius 3 is 2.29 bits per heavy atom. The maximum atomic E-state index is 13.6. The number of rotatable bonds is 3. The lowest BCUT2D eigenvalue weighted by atomic mass is 9.75. The molecule has 1 nitrogen and oxygen atoms in total. The van der Waals surface area contributed by atoms with Crippen LogP contribution in [0.15, 0.2) is 36.4 Å². The number of nitrogens with one attached hydrogen (secondary N) is 1. The van der Waals surface area contributed by atoms with E-state index in [1.807, 2.05) is 19.1 Å². The largest absolute Gasteiger partial charge is 0.378 e. The summed E-state index contributed by atoms with van der Waals surface area (Å²) in [5.41, 5.74) is 2.23. The first kappa shape index (κ1) is 14.0. The molecule has 1 N–H and O–H groups in total. The Labute approximate surface area is 121 Å². The molecule has 1 aliphatic rings. The van der Waals surface area contributed by atoms with Crippen LogP contribution in [0.1, 0.15) is 29.9 Å². The molecular formula is C17H16F3N. The van der Waals surface area contributed by atoms with Crippen LogP contribution >= 0.6 is 0 Å². The van der Waals surface area contributed by atoms with Crippen LogP contribution in [0.5, 0.6) is 0 Å². The molecule has 0 saturated heterocycles. The molecule has 1 aliphatic carbocycles. The van der Waals surface area contributed by atoms with E-state index in [-0.39, 0.29) is 11.7 Å². The summed E-state index contributed by atoms with van der Waals surface area (Å²) in [5, 5.41) is 2.84. The monoisotopic (exact) mass is 291 g/mol. The van der Waals surface area contributed by atoms with E-state index in [1.54, 1.807) is 0 Å². The van der Waals surface area contributed by atoms with Crippen LogP contribution in [-0.2, 0) is 0 Å². The Kier molecular flexibility index (Phi) is 3.62. The highest BCUT2D eigenvalue weighted by Gasteiger charge is 2.31. The molecule has 4 heteroatoms. The summed E-state index contributed by atoms with van der Waals surface area (Å²) in [5.74, 6) is -2.26. The van der Waals surface area contributed by atoms with Gasteiger partial charge in [0.25, 0.3) is 0 Å². The van der Waals surface area contributed by atoms with Crippen LogP contribution in [0.3, 0.4) is 0 Å². The summed E-state index contributed by atoms with van der Waals surface area (Å²) < 4.78 is 40.0. The molecule has 3 rings (SSSR count). The third kappa shape index (κ3) is 2.89. The van der Waals surface area contributed by atoms with Gasteiger partial charge in [-0.3, -0.25) is 0 Å². The Balaban J connectivity index is 1.65. The van der Waals surface area contributed by atoms with E-state index >= 15 is 0 Å². The van der Waals surface area contributed by atoms with Gasteiger partial charge < -0.3 is 5.32 Å². The molecule has 110 valence electrons. The van der Waals surface area contributed by atoms with Crippen molar-refractivity contribution in [3.05, 3.63) is 65.0 Å². The quantitative estimate of drug-likeness (QED) is 0.859. The van der Waals surface area contributed by atoms with Crippen molar-refractivity contribution in [3.63, 3.8) is 0 Å². The standard InChI is InChI=1S/C17H16F3N/c1-10-3-2-4-11(5-10)12-6-14(7-12)21-17-15(19)8-13(18)9-16(17)20/h2-5,8-9,12,14,21H,6-7H2,1H3. The van der Waals surface area contributed by atoms with E-state index in [2.05, 4.69) is 17.4 Å². The molecule has 0 atom stereocenters. The molecule has 0 aliphatic heterocycles. The molecule has 1 saturated carbocycles. The molecule has 0 heterocycles. The normalized spacial score (nSPS) is 21.0. The van der Waals surface area contributed by atoms with Crippen molar-refractivity contribution in [2.75, 3.05) is 5.32 Å². The summed E-state index contributed by atoms with van der Waals surface area (Å²) in [4.78, 5) is 0. The highest BCUT2D eigenvalue weighted by atomic mass is 19.1. The smallest absolute Gasteiger partial charge is 0.152 e. The Morgan fingerprint density at radius 2 is 1.67 bits per heavy atom. The first-order valence-electron chi connectivity index (χ1n) is 7.00. The van der Waals surface area contributed by atoms with Crippen LogP contribution in [0.2, 0.25) is 0 Å². The van der Waals surface area contributed by atoms with Gasteiger partial charge in [-0.2, -0.15) is 0 Å². The van der Waals surface area contributed by atoms with Crippen LogP contribution in [-0.4, -0.2) is 6.04 Å². The van der Waals surface area contributed by atoms with E-state index in [1.165, 1.54) is 11.1 Å². The summed E-state index contributed by atoms with van der Waals surface area (Å²) in [6.45, 7) is 2.04. The highest BCUT2D eigenvalue weighted by molar-refractivity contribution is 5.48. The van der Waals surface area contributed by atoms with Gasteiger partial charge in [0.05, 0.1) is 0 Å². The van der Waals surface area contributed by atoms with Gasteiger partial charge in [-0.05, 0) is 31.2 Å². The van der Waals surface area contributed by atoms with Gasteiger partial charge in [-0.15, -0.1) is 0 Å². The van der Waals surface area contributed by atoms with Crippen molar-refractivity contribution in [1.29, 1.82) is 0 Å². The average molecular weight is 291 g/mol. The lowest BCUT2D eigenvalue weighted by Crippen LogP contribution is -2.34. The molecule has 0 aromatic heterocycles. The second-order valence-corrected chi connectivity index (χ2v) is 5.67. The molecule has 2 aromatic carbocycles. The second-order valence-electron chi connectivity index (χ2n) is 5.67. The van der Waals surface area contributed by atoms with Crippen molar-refractivity contribution in [2.24, 2.45) is 0 Å². The maximum Gasteiger partial charge on any atom is 0.152 e. The number of hydrogen-bond acceptors (Lipinski definition) is 1. The fraction of sp³-hybridized carbons (Fsp3) is 0.294. The van der Waals surface area contributed by atoms with Crippen molar-refractivity contribution >= 4 is 5.69 Å². The molecule has 0 spiro atoms. The number of benzene rings is 2. The fourth-order valence-corrected chi connectivity index (χ4v) is 2.82. The number of hydrogen-bond donors (Lipinski definition) is 1. The van der Waals surface area contributed by atoms with Gasteiger partial charge in [0, 0.05) is 18.2 Å². The first-order valence-corrected chi connectivity index (χ1v) is 7.00. The predicted molar refractivity (Wildman–Crippen MR) is 76.9 cm³/mol. The average Bonchev–Trinajstić information content (AvgIpc) is 2.35. The van der Waals surface area contributed by atoms with Crippen LogP contribution in [0.25, 0.3) is 0 Å². The van der Waals surface area contributed by atoms with Gasteiger partial charge in [0.15, 0.2) is 11.6 Å². The van der Waals surface area contributed by atoms with E-state index < -0.39 is 17.5 Å².